The molecule has 124 valence electrons. The number of nitrogens with zero attached hydrogens (tertiary/aromatic N) is 4. The third-order valence-corrected chi connectivity index (χ3v) is 3.89. The fraction of sp³-hybridized carbons (Fsp3) is 0.294. The van der Waals surface area contributed by atoms with Crippen LogP contribution in [0.4, 0.5) is 5.95 Å². The van der Waals surface area contributed by atoms with Crippen LogP contribution in [0.1, 0.15) is 28.9 Å². The van der Waals surface area contributed by atoms with Gasteiger partial charge in [-0.15, -0.1) is 5.10 Å². The molecular weight excluding hydrogens is 306 g/mol. The summed E-state index contributed by atoms with van der Waals surface area (Å²) in [6, 6.07) is 9.61. The summed E-state index contributed by atoms with van der Waals surface area (Å²) in [5.41, 5.74) is 9.26. The summed E-state index contributed by atoms with van der Waals surface area (Å²) in [6.07, 6.45) is 0.819. The number of esters is 1. The van der Waals surface area contributed by atoms with Gasteiger partial charge in [0.1, 0.15) is 6.61 Å². The van der Waals surface area contributed by atoms with Crippen molar-refractivity contribution in [3.05, 3.63) is 52.8 Å². The highest BCUT2D eigenvalue weighted by atomic mass is 16.5. The first-order valence-electron chi connectivity index (χ1n) is 7.72. The zero-order valence-electron chi connectivity index (χ0n) is 13.7. The maximum Gasteiger partial charge on any atom is 0.306 e. The van der Waals surface area contributed by atoms with Crippen molar-refractivity contribution in [2.75, 3.05) is 5.73 Å². The second kappa shape index (κ2) is 6.66. The van der Waals surface area contributed by atoms with Crippen LogP contribution >= 0.6 is 0 Å². The van der Waals surface area contributed by atoms with Gasteiger partial charge < -0.3 is 10.5 Å². The van der Waals surface area contributed by atoms with Crippen molar-refractivity contribution in [3.63, 3.8) is 0 Å². The molecule has 1 aromatic carbocycles. The summed E-state index contributed by atoms with van der Waals surface area (Å²) in [5.74, 6) is 0.415. The van der Waals surface area contributed by atoms with Crippen LogP contribution in [0.15, 0.2) is 30.3 Å². The second-order valence-corrected chi connectivity index (χ2v) is 5.59. The Morgan fingerprint density at radius 3 is 2.71 bits per heavy atom. The number of carbonyl (C=O) groups is 1. The highest BCUT2D eigenvalue weighted by Crippen LogP contribution is 2.16. The number of hydrogen-bond acceptors (Lipinski definition) is 6. The Morgan fingerprint density at radius 2 is 1.96 bits per heavy atom. The number of anilines is 1. The van der Waals surface area contributed by atoms with E-state index in [0.29, 0.717) is 12.2 Å². The third-order valence-electron chi connectivity index (χ3n) is 3.89. The number of aromatic nitrogens is 4. The summed E-state index contributed by atoms with van der Waals surface area (Å²) < 4.78 is 6.91. The van der Waals surface area contributed by atoms with E-state index < -0.39 is 0 Å². The first kappa shape index (κ1) is 15.9. The van der Waals surface area contributed by atoms with Gasteiger partial charge in [-0.3, -0.25) is 4.79 Å². The SMILES string of the molecule is Cc1nc2nc(N)nn2c(C)c1CCC(=O)OCc1ccccc1. The number of ether oxygens (including phenoxy) is 1. The fourth-order valence-electron chi connectivity index (χ4n) is 2.62. The number of carbonyl (C=O) groups excluding carboxylic acids is 1. The molecule has 0 saturated heterocycles. The van der Waals surface area contributed by atoms with E-state index in [9.17, 15) is 4.79 Å². The standard InChI is InChI=1S/C17H19N5O2/c1-11-14(12(2)22-17(19-11)20-16(18)21-22)8-9-15(23)24-10-13-6-4-3-5-7-13/h3-7H,8-10H2,1-2H3,(H2,18,21). The smallest absolute Gasteiger partial charge is 0.306 e. The van der Waals surface area contributed by atoms with Gasteiger partial charge in [-0.25, -0.2) is 4.98 Å². The minimum Gasteiger partial charge on any atom is -0.461 e. The molecule has 3 rings (SSSR count). The highest BCUT2D eigenvalue weighted by molar-refractivity contribution is 5.69. The number of hydrogen-bond donors (Lipinski definition) is 1. The molecule has 2 heterocycles. The van der Waals surface area contributed by atoms with Gasteiger partial charge in [-0.2, -0.15) is 9.50 Å². The largest absolute Gasteiger partial charge is 0.461 e. The number of nitrogen functional groups attached to an aromatic ring is 1. The monoisotopic (exact) mass is 325 g/mol. The molecular formula is C17H19N5O2. The molecule has 2 aromatic heterocycles. The van der Waals surface area contributed by atoms with E-state index in [4.69, 9.17) is 10.5 Å². The quantitative estimate of drug-likeness (QED) is 0.721. The number of aryl methyl sites for hydroxylation is 2. The predicted molar refractivity (Wildman–Crippen MR) is 89.2 cm³/mol. The van der Waals surface area contributed by atoms with Crippen molar-refractivity contribution in [2.24, 2.45) is 0 Å². The molecule has 0 bridgehead atoms. The topological polar surface area (TPSA) is 95.4 Å². The average Bonchev–Trinajstić information content (AvgIpc) is 2.94. The van der Waals surface area contributed by atoms with E-state index in [-0.39, 0.29) is 24.9 Å². The number of rotatable bonds is 5. The molecule has 3 aromatic rings. The van der Waals surface area contributed by atoms with Crippen molar-refractivity contribution in [2.45, 2.75) is 33.3 Å². The van der Waals surface area contributed by atoms with Gasteiger partial charge in [0, 0.05) is 17.8 Å². The molecule has 2 N–H and O–H groups in total. The van der Waals surface area contributed by atoms with Gasteiger partial charge in [0.15, 0.2) is 0 Å². The van der Waals surface area contributed by atoms with Crippen LogP contribution < -0.4 is 5.73 Å². The Balaban J connectivity index is 1.65. The lowest BCUT2D eigenvalue weighted by molar-refractivity contribution is -0.144. The van der Waals surface area contributed by atoms with Gasteiger partial charge in [0.25, 0.3) is 5.78 Å². The molecule has 0 fully saturated rings. The van der Waals surface area contributed by atoms with Crippen LogP contribution in [-0.4, -0.2) is 25.6 Å². The zero-order valence-corrected chi connectivity index (χ0v) is 13.7. The minimum atomic E-state index is -0.240. The Labute approximate surface area is 139 Å². The molecule has 0 radical (unpaired) electrons. The van der Waals surface area contributed by atoms with E-state index in [0.717, 1.165) is 22.5 Å². The van der Waals surface area contributed by atoms with Crippen molar-refractivity contribution >= 4 is 17.7 Å². The summed E-state index contributed by atoms with van der Waals surface area (Å²) in [5, 5.41) is 4.12. The molecule has 0 amide bonds. The number of fused-ring (bicyclic) bond motifs is 1. The van der Waals surface area contributed by atoms with Crippen LogP contribution in [0.2, 0.25) is 0 Å². The van der Waals surface area contributed by atoms with Gasteiger partial charge in [0.05, 0.1) is 0 Å². The molecule has 0 saturated carbocycles. The maximum atomic E-state index is 12.0. The molecule has 0 aliphatic rings. The maximum absolute atomic E-state index is 12.0. The van der Waals surface area contributed by atoms with E-state index in [1.165, 1.54) is 0 Å². The Hall–Kier alpha value is -2.96. The third kappa shape index (κ3) is 3.34. The lowest BCUT2D eigenvalue weighted by Gasteiger charge is -2.10. The van der Waals surface area contributed by atoms with E-state index in [1.54, 1.807) is 4.52 Å². The van der Waals surface area contributed by atoms with Crippen LogP contribution in [0, 0.1) is 13.8 Å². The summed E-state index contributed by atoms with van der Waals surface area (Å²) in [7, 11) is 0. The van der Waals surface area contributed by atoms with Crippen molar-refractivity contribution in [3.8, 4) is 0 Å². The first-order chi connectivity index (χ1) is 11.5. The van der Waals surface area contributed by atoms with Crippen LogP contribution in [0.3, 0.4) is 0 Å². The summed E-state index contributed by atoms with van der Waals surface area (Å²) >= 11 is 0. The predicted octanol–water partition coefficient (Wildman–Crippen LogP) is 2.00. The van der Waals surface area contributed by atoms with Gasteiger partial charge in [-0.05, 0) is 31.4 Å². The zero-order chi connectivity index (χ0) is 17.1. The number of nitrogens with two attached hydrogens (primary N) is 1. The average molecular weight is 325 g/mol. The molecule has 0 unspecified atom stereocenters. The molecule has 0 aliphatic heterocycles. The minimum absolute atomic E-state index is 0.185. The summed E-state index contributed by atoms with van der Waals surface area (Å²) in [6.45, 7) is 4.09. The Morgan fingerprint density at radius 1 is 1.21 bits per heavy atom. The lowest BCUT2D eigenvalue weighted by Crippen LogP contribution is -2.10. The van der Waals surface area contributed by atoms with E-state index in [2.05, 4.69) is 15.1 Å². The van der Waals surface area contributed by atoms with Gasteiger partial charge >= 0.3 is 5.97 Å². The van der Waals surface area contributed by atoms with Crippen LogP contribution in [0.25, 0.3) is 5.78 Å². The molecule has 0 aliphatic carbocycles. The molecule has 7 nitrogen and oxygen atoms in total. The van der Waals surface area contributed by atoms with Crippen molar-refractivity contribution in [1.82, 2.24) is 19.6 Å². The van der Waals surface area contributed by atoms with Gasteiger partial charge in [0.2, 0.25) is 5.95 Å². The van der Waals surface area contributed by atoms with Crippen LogP contribution in [0.5, 0.6) is 0 Å². The normalized spacial score (nSPS) is 10.9. The molecule has 7 heteroatoms. The number of benzene rings is 1. The molecule has 24 heavy (non-hydrogen) atoms. The van der Waals surface area contributed by atoms with Crippen molar-refractivity contribution < 1.29 is 9.53 Å². The van der Waals surface area contributed by atoms with E-state index >= 15 is 0 Å². The second-order valence-electron chi connectivity index (χ2n) is 5.59. The highest BCUT2D eigenvalue weighted by Gasteiger charge is 2.14. The molecule has 0 spiro atoms. The van der Waals surface area contributed by atoms with Gasteiger partial charge in [-0.1, -0.05) is 30.3 Å². The fourth-order valence-corrected chi connectivity index (χ4v) is 2.62. The van der Waals surface area contributed by atoms with E-state index in [1.807, 2.05) is 44.2 Å². The van der Waals surface area contributed by atoms with Crippen molar-refractivity contribution in [1.29, 1.82) is 0 Å². The Bertz CT molecular complexity index is 874. The lowest BCUT2D eigenvalue weighted by atomic mass is 10.1. The molecule has 0 atom stereocenters. The van der Waals surface area contributed by atoms with Crippen LogP contribution in [-0.2, 0) is 22.6 Å². The Kier molecular flexibility index (Phi) is 4.41. The summed E-state index contributed by atoms with van der Waals surface area (Å²) in [4.78, 5) is 20.4. The first-order valence-corrected chi connectivity index (χ1v) is 7.72.